The molecule has 3 heterocycles. The van der Waals surface area contributed by atoms with E-state index in [0.29, 0.717) is 16.5 Å². The number of aliphatic imine (C=N–C) groups is 1. The van der Waals surface area contributed by atoms with E-state index in [1.165, 1.54) is 0 Å². The van der Waals surface area contributed by atoms with Gasteiger partial charge in [-0.15, -0.1) is 0 Å². The van der Waals surface area contributed by atoms with Gasteiger partial charge in [0.25, 0.3) is 0 Å². The molecule has 0 N–H and O–H groups in total. The zero-order valence-corrected chi connectivity index (χ0v) is 16.0. The molecule has 0 aliphatic carbocycles. The van der Waals surface area contributed by atoms with Crippen molar-refractivity contribution in [2.75, 3.05) is 0 Å². The van der Waals surface area contributed by atoms with Crippen LogP contribution in [0.1, 0.15) is 47.7 Å². The van der Waals surface area contributed by atoms with Crippen LogP contribution in [0.3, 0.4) is 0 Å². The molecule has 0 radical (unpaired) electrons. The molecule has 1 atom stereocenters. The normalized spacial score (nSPS) is 15.6. The molecule has 0 spiro atoms. The number of carbonyl (C=O) groups is 1. The molecule has 4 rings (SSSR count). The van der Waals surface area contributed by atoms with Gasteiger partial charge in [-0.1, -0.05) is 35.0 Å². The number of Topliss-reactive ketones (excluding diaryl/α,β-unsaturated/α-hetero) is 1. The van der Waals surface area contributed by atoms with Gasteiger partial charge >= 0.3 is 0 Å². The van der Waals surface area contributed by atoms with Crippen LogP contribution in [0.2, 0.25) is 5.02 Å². The van der Waals surface area contributed by atoms with E-state index in [4.69, 9.17) is 21.1 Å². The Bertz CT molecular complexity index is 1070. The summed E-state index contributed by atoms with van der Waals surface area (Å²) in [6, 6.07) is 9.27. The molecule has 0 saturated carbocycles. The van der Waals surface area contributed by atoms with Crippen molar-refractivity contribution in [1.82, 2.24) is 10.1 Å². The predicted molar refractivity (Wildman–Crippen MR) is 104 cm³/mol. The highest BCUT2D eigenvalue weighted by Crippen LogP contribution is 2.41. The third-order valence-electron chi connectivity index (χ3n) is 4.71. The van der Waals surface area contributed by atoms with Crippen molar-refractivity contribution in [3.8, 4) is 11.1 Å². The number of ketones is 1. The van der Waals surface area contributed by atoms with E-state index in [2.05, 4.69) is 10.1 Å². The fraction of sp³-hybridized carbons (Fsp3) is 0.238. The second-order valence-corrected chi connectivity index (χ2v) is 7.20. The zero-order valence-electron chi connectivity index (χ0n) is 15.3. The summed E-state index contributed by atoms with van der Waals surface area (Å²) in [6.07, 6.45) is 1.85. The lowest BCUT2D eigenvalue weighted by Gasteiger charge is -2.13. The molecule has 0 unspecified atom stereocenters. The molecule has 0 amide bonds. The van der Waals surface area contributed by atoms with Crippen molar-refractivity contribution in [2.45, 2.75) is 33.2 Å². The number of hydrogen-bond acceptors (Lipinski definition) is 5. The van der Waals surface area contributed by atoms with Crippen molar-refractivity contribution in [1.29, 1.82) is 0 Å². The number of aromatic nitrogens is 2. The van der Waals surface area contributed by atoms with Gasteiger partial charge in [-0.25, -0.2) is 0 Å². The van der Waals surface area contributed by atoms with E-state index in [-0.39, 0.29) is 12.2 Å². The summed E-state index contributed by atoms with van der Waals surface area (Å²) in [6.45, 7) is 5.50. The second kappa shape index (κ2) is 6.74. The van der Waals surface area contributed by atoms with Crippen LogP contribution in [0.5, 0.6) is 0 Å². The number of hydrogen-bond donors (Lipinski definition) is 0. The average molecular weight is 380 g/mol. The summed E-state index contributed by atoms with van der Waals surface area (Å²) in [4.78, 5) is 21.3. The molecule has 6 heteroatoms. The molecule has 1 aliphatic heterocycles. The molecule has 0 bridgehead atoms. The van der Waals surface area contributed by atoms with Crippen LogP contribution >= 0.6 is 11.6 Å². The Hall–Kier alpha value is -2.79. The van der Waals surface area contributed by atoms with Crippen LogP contribution in [0.25, 0.3) is 11.1 Å². The first-order chi connectivity index (χ1) is 13.0. The number of benzene rings is 1. The van der Waals surface area contributed by atoms with E-state index < -0.39 is 6.04 Å². The van der Waals surface area contributed by atoms with Gasteiger partial charge in [0.1, 0.15) is 11.8 Å². The summed E-state index contributed by atoms with van der Waals surface area (Å²) in [5.41, 5.74) is 6.17. The minimum Gasteiger partial charge on any atom is -0.358 e. The van der Waals surface area contributed by atoms with Gasteiger partial charge in [-0.3, -0.25) is 14.8 Å². The number of carbonyl (C=O) groups excluding carboxylic acids is 1. The van der Waals surface area contributed by atoms with E-state index in [1.807, 2.05) is 38.1 Å². The van der Waals surface area contributed by atoms with Crippen LogP contribution in [-0.4, -0.2) is 21.6 Å². The Balaban J connectivity index is 2.04. The fourth-order valence-corrected chi connectivity index (χ4v) is 3.64. The number of halogens is 1. The molecular formula is C21H18ClN3O2. The zero-order chi connectivity index (χ0) is 19.1. The van der Waals surface area contributed by atoms with Crippen LogP contribution in [0, 0.1) is 13.8 Å². The lowest BCUT2D eigenvalue weighted by atomic mass is 9.91. The maximum atomic E-state index is 11.9. The minimum atomic E-state index is -0.446. The maximum Gasteiger partial charge on any atom is 0.169 e. The van der Waals surface area contributed by atoms with Crippen molar-refractivity contribution in [3.05, 3.63) is 69.8 Å². The fourth-order valence-electron chi connectivity index (χ4n) is 3.53. The highest BCUT2D eigenvalue weighted by molar-refractivity contribution is 6.30. The molecule has 0 fully saturated rings. The Kier molecular flexibility index (Phi) is 4.40. The topological polar surface area (TPSA) is 68.3 Å². The molecule has 136 valence electrons. The third-order valence-corrected chi connectivity index (χ3v) is 4.93. The molecule has 3 aromatic rings. The summed E-state index contributed by atoms with van der Waals surface area (Å²) >= 11 is 6.02. The van der Waals surface area contributed by atoms with Gasteiger partial charge < -0.3 is 4.52 Å². The number of rotatable bonds is 3. The number of pyridine rings is 1. The minimum absolute atomic E-state index is 0.0369. The standard InChI is InChI=1S/C21H18ClN3O2/c1-11-5-4-6-15-18(11)20(16-8-7-14(22)10-23-16)24-17(9-12(2)26)21-19(15)13(3)25-27-21/h4-8,10,17H,9H2,1-3H3/t17-/m0/s1. The van der Waals surface area contributed by atoms with Gasteiger partial charge in [-0.2, -0.15) is 0 Å². The van der Waals surface area contributed by atoms with Gasteiger partial charge in [-0.05, 0) is 44.0 Å². The first kappa shape index (κ1) is 17.6. The molecule has 0 saturated heterocycles. The summed E-state index contributed by atoms with van der Waals surface area (Å²) < 4.78 is 5.63. The summed E-state index contributed by atoms with van der Waals surface area (Å²) in [5.74, 6) is 0.661. The van der Waals surface area contributed by atoms with Gasteiger partial charge in [0, 0.05) is 18.2 Å². The van der Waals surface area contributed by atoms with Crippen LogP contribution in [-0.2, 0) is 4.79 Å². The largest absolute Gasteiger partial charge is 0.358 e. The second-order valence-electron chi connectivity index (χ2n) is 6.77. The van der Waals surface area contributed by atoms with Crippen molar-refractivity contribution >= 4 is 23.1 Å². The quantitative estimate of drug-likeness (QED) is 0.650. The van der Waals surface area contributed by atoms with E-state index in [1.54, 1.807) is 19.2 Å². The smallest absolute Gasteiger partial charge is 0.169 e. The van der Waals surface area contributed by atoms with Gasteiger partial charge in [0.2, 0.25) is 0 Å². The molecule has 1 aromatic carbocycles. The summed E-state index contributed by atoms with van der Waals surface area (Å²) in [5, 5.41) is 4.71. The van der Waals surface area contributed by atoms with E-state index in [0.717, 1.165) is 33.7 Å². The molecule has 1 aliphatic rings. The molecule has 5 nitrogen and oxygen atoms in total. The SMILES string of the molecule is CC(=O)C[C@@H]1N=C(c2ccc(Cl)cn2)c2c(C)cccc2-c2c(C)noc21. The lowest BCUT2D eigenvalue weighted by molar-refractivity contribution is -0.117. The van der Waals surface area contributed by atoms with Crippen LogP contribution in [0.15, 0.2) is 46.0 Å². The number of nitrogens with zero attached hydrogens (tertiary/aromatic N) is 3. The molecular weight excluding hydrogens is 362 g/mol. The molecule has 27 heavy (non-hydrogen) atoms. The van der Waals surface area contributed by atoms with Crippen molar-refractivity contribution in [3.63, 3.8) is 0 Å². The average Bonchev–Trinajstić information content (AvgIpc) is 2.94. The molecule has 2 aromatic heterocycles. The van der Waals surface area contributed by atoms with Crippen molar-refractivity contribution < 1.29 is 9.32 Å². The number of aryl methyl sites for hydroxylation is 2. The Morgan fingerprint density at radius 2 is 2.00 bits per heavy atom. The van der Waals surface area contributed by atoms with Crippen LogP contribution < -0.4 is 0 Å². The first-order valence-electron chi connectivity index (χ1n) is 8.71. The Labute approximate surface area is 162 Å². The van der Waals surface area contributed by atoms with E-state index in [9.17, 15) is 4.79 Å². The van der Waals surface area contributed by atoms with E-state index >= 15 is 0 Å². The monoisotopic (exact) mass is 379 g/mol. The predicted octanol–water partition coefficient (Wildman–Crippen LogP) is 4.88. The Morgan fingerprint density at radius 1 is 1.19 bits per heavy atom. The lowest BCUT2D eigenvalue weighted by Crippen LogP contribution is -2.10. The third kappa shape index (κ3) is 3.08. The number of fused-ring (bicyclic) bond motifs is 3. The highest BCUT2D eigenvalue weighted by Gasteiger charge is 2.31. The first-order valence-corrected chi connectivity index (χ1v) is 9.09. The van der Waals surface area contributed by atoms with Gasteiger partial charge in [0.05, 0.1) is 27.7 Å². The summed E-state index contributed by atoms with van der Waals surface area (Å²) in [7, 11) is 0. The van der Waals surface area contributed by atoms with Crippen LogP contribution in [0.4, 0.5) is 0 Å². The van der Waals surface area contributed by atoms with Gasteiger partial charge in [0.15, 0.2) is 5.76 Å². The van der Waals surface area contributed by atoms with Crippen molar-refractivity contribution in [2.24, 2.45) is 4.99 Å². The highest BCUT2D eigenvalue weighted by atomic mass is 35.5. The maximum absolute atomic E-state index is 11.9. The Morgan fingerprint density at radius 3 is 2.70 bits per heavy atom.